The van der Waals surface area contributed by atoms with Crippen LogP contribution in [0.2, 0.25) is 0 Å². The maximum atomic E-state index is 12.5. The lowest BCUT2D eigenvalue weighted by Gasteiger charge is -2.32. The summed E-state index contributed by atoms with van der Waals surface area (Å²) in [5.41, 5.74) is 2.26. The summed E-state index contributed by atoms with van der Waals surface area (Å²) in [7, 11) is -1.52. The topological polar surface area (TPSA) is 117 Å². The van der Waals surface area contributed by atoms with Crippen LogP contribution in [0.4, 0.5) is 17.8 Å². The summed E-state index contributed by atoms with van der Waals surface area (Å²) in [5, 5.41) is 2.93. The molecule has 0 radical (unpaired) electrons. The van der Waals surface area contributed by atoms with Gasteiger partial charge in [0, 0.05) is 50.6 Å². The van der Waals surface area contributed by atoms with Gasteiger partial charge >= 0.3 is 0 Å². The molecule has 11 heteroatoms. The van der Waals surface area contributed by atoms with Crippen LogP contribution in [-0.2, 0) is 16.3 Å². The Morgan fingerprint density at radius 1 is 0.970 bits per heavy atom. The van der Waals surface area contributed by atoms with E-state index in [0.717, 1.165) is 43.6 Å². The van der Waals surface area contributed by atoms with Gasteiger partial charge in [0.1, 0.15) is 5.82 Å². The number of sulfone groups is 1. The number of benzene rings is 1. The normalized spacial score (nSPS) is 15.0. The fourth-order valence-corrected chi connectivity index (χ4v) is 4.33. The molecule has 0 atom stereocenters. The maximum absolute atomic E-state index is 12.5. The van der Waals surface area contributed by atoms with E-state index in [9.17, 15) is 8.42 Å². The number of nitrogens with one attached hydrogen (secondary N) is 1. The molecule has 0 saturated carbocycles. The quantitative estimate of drug-likeness (QED) is 0.539. The van der Waals surface area contributed by atoms with E-state index in [1.165, 1.54) is 6.20 Å². The molecule has 0 unspecified atom stereocenters. The predicted molar refractivity (Wildman–Crippen MR) is 128 cm³/mol. The Hall–Kier alpha value is -3.18. The zero-order chi connectivity index (χ0) is 23.6. The second kappa shape index (κ2) is 9.36. The van der Waals surface area contributed by atoms with Crippen molar-refractivity contribution < 1.29 is 8.42 Å². The smallest absolute Gasteiger partial charge is 0.234 e. The molecule has 1 fully saturated rings. The second-order valence-electron chi connectivity index (χ2n) is 8.19. The summed E-state index contributed by atoms with van der Waals surface area (Å²) in [6, 6.07) is 7.56. The maximum Gasteiger partial charge on any atom is 0.234 e. The average molecular weight is 469 g/mol. The fourth-order valence-electron chi connectivity index (χ4n) is 3.51. The molecule has 1 aliphatic heterocycles. The number of anilines is 3. The van der Waals surface area contributed by atoms with E-state index in [2.05, 4.69) is 47.1 Å². The highest BCUT2D eigenvalue weighted by molar-refractivity contribution is 7.90. The van der Waals surface area contributed by atoms with Crippen molar-refractivity contribution >= 4 is 27.7 Å². The monoisotopic (exact) mass is 468 g/mol. The molecule has 33 heavy (non-hydrogen) atoms. The summed E-state index contributed by atoms with van der Waals surface area (Å²) in [4.78, 5) is 26.6. The summed E-state index contributed by atoms with van der Waals surface area (Å²) < 4.78 is 25.0. The third-order valence-electron chi connectivity index (χ3n) is 5.46. The molecular formula is C22H28N8O2S. The van der Waals surface area contributed by atoms with Crippen LogP contribution >= 0.6 is 0 Å². The van der Waals surface area contributed by atoms with E-state index in [0.29, 0.717) is 29.7 Å². The molecule has 0 amide bonds. The minimum Gasteiger partial charge on any atom is -0.338 e. The molecule has 0 aliphatic carbocycles. The van der Waals surface area contributed by atoms with E-state index in [4.69, 9.17) is 0 Å². The van der Waals surface area contributed by atoms with Gasteiger partial charge in [0.25, 0.3) is 0 Å². The van der Waals surface area contributed by atoms with Gasteiger partial charge < -0.3 is 9.80 Å². The van der Waals surface area contributed by atoms with Crippen molar-refractivity contribution in [3.63, 3.8) is 0 Å². The van der Waals surface area contributed by atoms with Crippen LogP contribution in [0.15, 0.2) is 35.5 Å². The molecule has 1 saturated heterocycles. The zero-order valence-electron chi connectivity index (χ0n) is 19.3. The second-order valence-corrected chi connectivity index (χ2v) is 10.1. The Morgan fingerprint density at radius 2 is 1.67 bits per heavy atom. The van der Waals surface area contributed by atoms with E-state index in [-0.39, 0.29) is 11.0 Å². The van der Waals surface area contributed by atoms with Gasteiger partial charge in [-0.2, -0.15) is 15.0 Å². The van der Waals surface area contributed by atoms with Crippen molar-refractivity contribution in [3.8, 4) is 11.1 Å². The van der Waals surface area contributed by atoms with E-state index in [1.54, 1.807) is 0 Å². The lowest BCUT2D eigenvalue weighted by Crippen LogP contribution is -2.45. The average Bonchev–Trinajstić information content (AvgIpc) is 2.79. The summed E-state index contributed by atoms with van der Waals surface area (Å²) in [6.07, 6.45) is 3.29. The Kier molecular flexibility index (Phi) is 6.52. The molecule has 0 spiro atoms. The largest absolute Gasteiger partial charge is 0.338 e. The van der Waals surface area contributed by atoms with Crippen LogP contribution in [0.1, 0.15) is 18.3 Å². The molecule has 1 aromatic carbocycles. The van der Waals surface area contributed by atoms with Crippen LogP contribution in [0.5, 0.6) is 0 Å². The first-order valence-electron chi connectivity index (χ1n) is 10.8. The summed E-state index contributed by atoms with van der Waals surface area (Å²) in [5.74, 6) is 1.64. The Labute approximate surface area is 194 Å². The third kappa shape index (κ3) is 5.42. The van der Waals surface area contributed by atoms with E-state index < -0.39 is 9.84 Å². The number of hydrogen-bond acceptors (Lipinski definition) is 10. The molecular weight excluding hydrogens is 440 g/mol. The SMILES string of the molecule is CCc1nc(Nc2ncc(-c3ccc(C)cc3)c(S(C)(=O)=O)n2)nc(N2CCN(C)CC2)n1. The van der Waals surface area contributed by atoms with Crippen molar-refractivity contribution in [1.29, 1.82) is 0 Å². The highest BCUT2D eigenvalue weighted by Gasteiger charge is 2.21. The molecule has 0 bridgehead atoms. The van der Waals surface area contributed by atoms with Gasteiger partial charge in [-0.05, 0) is 19.5 Å². The van der Waals surface area contributed by atoms with Gasteiger partial charge in [-0.25, -0.2) is 18.4 Å². The number of aryl methyl sites for hydroxylation is 2. The standard InChI is InChI=1S/C22H28N8O2S/c1-5-18-24-21(28-22(25-18)30-12-10-29(3)11-13-30)27-20-23-14-17(19(26-20)33(4,31)32)16-8-6-15(2)7-9-16/h6-9,14H,5,10-13H2,1-4H3,(H,23,24,25,26,27,28). The van der Waals surface area contributed by atoms with Crippen molar-refractivity contribution in [2.45, 2.75) is 25.3 Å². The fraction of sp³-hybridized carbons (Fsp3) is 0.409. The highest BCUT2D eigenvalue weighted by Crippen LogP contribution is 2.27. The molecule has 1 N–H and O–H groups in total. The number of aromatic nitrogens is 5. The molecule has 1 aliphatic rings. The minimum atomic E-state index is -3.61. The van der Waals surface area contributed by atoms with Crippen LogP contribution in [0, 0.1) is 6.92 Å². The Balaban J connectivity index is 1.67. The third-order valence-corrected chi connectivity index (χ3v) is 6.48. The minimum absolute atomic E-state index is 0.0482. The van der Waals surface area contributed by atoms with Gasteiger partial charge in [0.05, 0.1) is 0 Å². The van der Waals surface area contributed by atoms with Gasteiger partial charge in [-0.15, -0.1) is 0 Å². The lowest BCUT2D eigenvalue weighted by molar-refractivity contribution is 0.311. The highest BCUT2D eigenvalue weighted by atomic mass is 32.2. The molecule has 4 rings (SSSR count). The Bertz CT molecular complexity index is 1240. The summed E-state index contributed by atoms with van der Waals surface area (Å²) >= 11 is 0. The first-order valence-corrected chi connectivity index (χ1v) is 12.7. The summed E-state index contributed by atoms with van der Waals surface area (Å²) in [6.45, 7) is 7.45. The first-order chi connectivity index (χ1) is 15.7. The zero-order valence-corrected chi connectivity index (χ0v) is 20.1. The molecule has 3 heterocycles. The van der Waals surface area contributed by atoms with Crippen molar-refractivity contribution in [1.82, 2.24) is 29.8 Å². The van der Waals surface area contributed by atoms with Gasteiger partial charge in [0.2, 0.25) is 17.8 Å². The van der Waals surface area contributed by atoms with Crippen molar-refractivity contribution in [2.24, 2.45) is 0 Å². The van der Waals surface area contributed by atoms with Crippen molar-refractivity contribution in [2.75, 3.05) is 49.7 Å². The number of piperazine rings is 1. The molecule has 3 aromatic rings. The van der Waals surface area contributed by atoms with Crippen LogP contribution < -0.4 is 10.2 Å². The molecule has 2 aromatic heterocycles. The molecule has 10 nitrogen and oxygen atoms in total. The van der Waals surface area contributed by atoms with Crippen LogP contribution in [0.25, 0.3) is 11.1 Å². The predicted octanol–water partition coefficient (Wildman–Crippen LogP) is 2.10. The van der Waals surface area contributed by atoms with Crippen LogP contribution in [-0.4, -0.2) is 77.7 Å². The van der Waals surface area contributed by atoms with Crippen LogP contribution in [0.3, 0.4) is 0 Å². The Morgan fingerprint density at radius 3 is 2.30 bits per heavy atom. The van der Waals surface area contributed by atoms with E-state index in [1.807, 2.05) is 38.1 Å². The van der Waals surface area contributed by atoms with E-state index >= 15 is 0 Å². The number of hydrogen-bond donors (Lipinski definition) is 1. The number of nitrogens with zero attached hydrogens (tertiary/aromatic N) is 7. The first kappa shape index (κ1) is 23.0. The molecule has 174 valence electrons. The number of likely N-dealkylation sites (N-methyl/N-ethyl adjacent to an activating group) is 1. The number of rotatable bonds is 6. The van der Waals surface area contributed by atoms with Gasteiger partial charge in [-0.3, -0.25) is 5.32 Å². The van der Waals surface area contributed by atoms with Crippen molar-refractivity contribution in [3.05, 3.63) is 41.9 Å². The van der Waals surface area contributed by atoms with Gasteiger partial charge in [0.15, 0.2) is 14.9 Å². The van der Waals surface area contributed by atoms with Gasteiger partial charge in [-0.1, -0.05) is 36.8 Å². The lowest BCUT2D eigenvalue weighted by atomic mass is 10.1.